The maximum Gasteiger partial charge on any atom is 0.262 e. The molecule has 2 aliphatic rings. The number of benzene rings is 1. The molecule has 0 aromatic heterocycles. The summed E-state index contributed by atoms with van der Waals surface area (Å²) in [7, 11) is 0. The summed E-state index contributed by atoms with van der Waals surface area (Å²) in [5.74, 6) is 1.35. The van der Waals surface area contributed by atoms with Gasteiger partial charge in [-0.1, -0.05) is 6.07 Å². The van der Waals surface area contributed by atoms with Crippen LogP contribution in [0.2, 0.25) is 0 Å². The van der Waals surface area contributed by atoms with Crippen molar-refractivity contribution in [2.24, 2.45) is 5.92 Å². The molecule has 0 aliphatic carbocycles. The molecule has 1 atom stereocenters. The number of rotatable bonds is 4. The van der Waals surface area contributed by atoms with Gasteiger partial charge >= 0.3 is 0 Å². The molecular formula is C16H22N2O3. The smallest absolute Gasteiger partial charge is 0.262 e. The van der Waals surface area contributed by atoms with Gasteiger partial charge in [-0.15, -0.1) is 0 Å². The normalized spacial score (nSPS) is 20.3. The molecule has 1 saturated heterocycles. The van der Waals surface area contributed by atoms with Gasteiger partial charge in [-0.05, 0) is 49.9 Å². The van der Waals surface area contributed by atoms with Crippen molar-refractivity contribution >= 4 is 11.6 Å². The number of nitrogens with one attached hydrogen (secondary N) is 2. The van der Waals surface area contributed by atoms with Crippen LogP contribution in [0.5, 0.6) is 5.75 Å². The van der Waals surface area contributed by atoms with Gasteiger partial charge in [0.15, 0.2) is 6.61 Å². The molecular weight excluding hydrogens is 268 g/mol. The third kappa shape index (κ3) is 3.54. The second kappa shape index (κ2) is 6.45. The summed E-state index contributed by atoms with van der Waals surface area (Å²) in [5, 5.41) is 6.43. The predicted molar refractivity (Wildman–Crippen MR) is 80.5 cm³/mol. The fraction of sp³-hybridized carbons (Fsp3) is 0.562. The summed E-state index contributed by atoms with van der Waals surface area (Å²) >= 11 is 0. The molecule has 5 nitrogen and oxygen atoms in total. The van der Waals surface area contributed by atoms with Gasteiger partial charge in [0.05, 0.1) is 5.69 Å². The molecule has 2 N–H and O–H groups in total. The number of hydrogen-bond donors (Lipinski definition) is 2. The fourth-order valence-corrected chi connectivity index (χ4v) is 2.78. The summed E-state index contributed by atoms with van der Waals surface area (Å²) in [4.78, 5) is 11.4. The molecule has 1 aromatic carbocycles. The second-order valence-electron chi connectivity index (χ2n) is 5.78. The minimum atomic E-state index is -0.0949. The molecule has 114 valence electrons. The lowest BCUT2D eigenvalue weighted by molar-refractivity contribution is -0.118. The third-order valence-corrected chi connectivity index (χ3v) is 4.19. The Kier molecular flexibility index (Phi) is 4.41. The van der Waals surface area contributed by atoms with Crippen molar-refractivity contribution < 1.29 is 14.3 Å². The van der Waals surface area contributed by atoms with Crippen LogP contribution < -0.4 is 15.4 Å². The Hall–Kier alpha value is -1.59. The number of carbonyl (C=O) groups is 1. The Balaban J connectivity index is 1.60. The van der Waals surface area contributed by atoms with Gasteiger partial charge in [-0.25, -0.2) is 0 Å². The van der Waals surface area contributed by atoms with Crippen LogP contribution in [0.3, 0.4) is 0 Å². The Morgan fingerprint density at radius 1 is 1.38 bits per heavy atom. The molecule has 1 aromatic rings. The molecule has 21 heavy (non-hydrogen) atoms. The maximum atomic E-state index is 11.4. The van der Waals surface area contributed by atoms with Crippen molar-refractivity contribution in [3.63, 3.8) is 0 Å². The Morgan fingerprint density at radius 3 is 3.00 bits per heavy atom. The minimum Gasteiger partial charge on any atom is -0.482 e. The molecule has 0 bridgehead atoms. The molecule has 0 spiro atoms. The summed E-state index contributed by atoms with van der Waals surface area (Å²) in [5.41, 5.74) is 1.93. The van der Waals surface area contributed by atoms with E-state index in [1.807, 2.05) is 12.1 Å². The van der Waals surface area contributed by atoms with Gasteiger partial charge in [-0.3, -0.25) is 4.79 Å². The van der Waals surface area contributed by atoms with Crippen LogP contribution in [-0.4, -0.2) is 32.3 Å². The molecule has 0 radical (unpaired) electrons. The molecule has 2 aliphatic heterocycles. The molecule has 5 heteroatoms. The second-order valence-corrected chi connectivity index (χ2v) is 5.78. The van der Waals surface area contributed by atoms with Crippen LogP contribution in [0.1, 0.15) is 31.4 Å². The third-order valence-electron chi connectivity index (χ3n) is 4.19. The first-order valence-electron chi connectivity index (χ1n) is 7.60. The highest BCUT2D eigenvalue weighted by molar-refractivity contribution is 5.95. The first-order chi connectivity index (χ1) is 10.2. The standard InChI is InChI=1S/C16H22N2O3/c1-11(17-9-12-4-6-20-7-5-12)13-2-3-15-14(8-13)18-16(19)10-21-15/h2-3,8,11-12,17H,4-7,9-10H2,1H3,(H,18,19). The average Bonchev–Trinajstić information content (AvgIpc) is 2.53. The molecule has 1 fully saturated rings. The summed E-state index contributed by atoms with van der Waals surface area (Å²) in [6.45, 7) is 5.01. The van der Waals surface area contributed by atoms with Crippen molar-refractivity contribution in [1.82, 2.24) is 5.32 Å². The van der Waals surface area contributed by atoms with Crippen molar-refractivity contribution in [3.05, 3.63) is 23.8 Å². The SMILES string of the molecule is CC(NCC1CCOCC1)c1ccc2c(c1)NC(=O)CO2. The van der Waals surface area contributed by atoms with E-state index >= 15 is 0 Å². The molecule has 3 rings (SSSR count). The number of ether oxygens (including phenoxy) is 2. The molecule has 0 saturated carbocycles. The van der Waals surface area contributed by atoms with E-state index in [2.05, 4.69) is 23.6 Å². The first-order valence-corrected chi connectivity index (χ1v) is 7.60. The van der Waals surface area contributed by atoms with Crippen molar-refractivity contribution in [1.29, 1.82) is 0 Å². The zero-order chi connectivity index (χ0) is 14.7. The van der Waals surface area contributed by atoms with Gasteiger partial charge in [0.25, 0.3) is 5.91 Å². The number of hydrogen-bond acceptors (Lipinski definition) is 4. The molecule has 1 amide bonds. The average molecular weight is 290 g/mol. The van der Waals surface area contributed by atoms with Crippen LogP contribution in [-0.2, 0) is 9.53 Å². The lowest BCUT2D eigenvalue weighted by Crippen LogP contribution is -2.30. The van der Waals surface area contributed by atoms with Gasteiger partial charge in [-0.2, -0.15) is 0 Å². The van der Waals surface area contributed by atoms with Gasteiger partial charge < -0.3 is 20.1 Å². The lowest BCUT2D eigenvalue weighted by Gasteiger charge is -2.25. The van der Waals surface area contributed by atoms with Crippen molar-refractivity contribution in [2.45, 2.75) is 25.8 Å². The van der Waals surface area contributed by atoms with Crippen LogP contribution in [0.4, 0.5) is 5.69 Å². The quantitative estimate of drug-likeness (QED) is 0.891. The number of carbonyl (C=O) groups excluding carboxylic acids is 1. The van der Waals surface area contributed by atoms with Crippen LogP contribution in [0, 0.1) is 5.92 Å². The first kappa shape index (κ1) is 14.4. The zero-order valence-corrected chi connectivity index (χ0v) is 12.4. The topological polar surface area (TPSA) is 59.6 Å². The van der Waals surface area contributed by atoms with E-state index in [-0.39, 0.29) is 18.6 Å². The maximum absolute atomic E-state index is 11.4. The van der Waals surface area contributed by atoms with E-state index in [4.69, 9.17) is 9.47 Å². The molecule has 1 unspecified atom stereocenters. The molecule has 2 heterocycles. The Bertz CT molecular complexity index is 512. The van der Waals surface area contributed by atoms with E-state index in [1.165, 1.54) is 0 Å². The summed E-state index contributed by atoms with van der Waals surface area (Å²) in [6, 6.07) is 6.22. The highest BCUT2D eigenvalue weighted by Crippen LogP contribution is 2.30. The van der Waals surface area contributed by atoms with Gasteiger partial charge in [0.1, 0.15) is 5.75 Å². The van der Waals surface area contributed by atoms with E-state index in [0.717, 1.165) is 49.6 Å². The van der Waals surface area contributed by atoms with Crippen LogP contribution in [0.25, 0.3) is 0 Å². The van der Waals surface area contributed by atoms with Crippen molar-refractivity contribution in [3.8, 4) is 5.75 Å². The largest absolute Gasteiger partial charge is 0.482 e. The van der Waals surface area contributed by atoms with Crippen molar-refractivity contribution in [2.75, 3.05) is 31.7 Å². The van der Waals surface area contributed by atoms with E-state index < -0.39 is 0 Å². The zero-order valence-electron chi connectivity index (χ0n) is 12.4. The monoisotopic (exact) mass is 290 g/mol. The predicted octanol–water partition coefficient (Wildman–Crippen LogP) is 2.09. The number of anilines is 1. The van der Waals surface area contributed by atoms with E-state index in [9.17, 15) is 4.79 Å². The Labute approximate surface area is 125 Å². The van der Waals surface area contributed by atoms with Gasteiger partial charge in [0.2, 0.25) is 0 Å². The highest BCUT2D eigenvalue weighted by atomic mass is 16.5. The highest BCUT2D eigenvalue weighted by Gasteiger charge is 2.18. The van der Waals surface area contributed by atoms with Crippen LogP contribution >= 0.6 is 0 Å². The lowest BCUT2D eigenvalue weighted by atomic mass is 9.99. The van der Waals surface area contributed by atoms with Gasteiger partial charge in [0, 0.05) is 19.3 Å². The van der Waals surface area contributed by atoms with E-state index in [1.54, 1.807) is 0 Å². The van der Waals surface area contributed by atoms with Crippen LogP contribution in [0.15, 0.2) is 18.2 Å². The fourth-order valence-electron chi connectivity index (χ4n) is 2.78. The summed E-state index contributed by atoms with van der Waals surface area (Å²) < 4.78 is 10.8. The Morgan fingerprint density at radius 2 is 2.19 bits per heavy atom. The minimum absolute atomic E-state index is 0.0949. The summed E-state index contributed by atoms with van der Waals surface area (Å²) in [6.07, 6.45) is 2.27. The number of fused-ring (bicyclic) bond motifs is 1. The number of amides is 1. The van der Waals surface area contributed by atoms with E-state index in [0.29, 0.717) is 5.92 Å².